The molecule has 0 aliphatic rings. The van der Waals surface area contributed by atoms with Crippen molar-refractivity contribution >= 4 is 0 Å². The van der Waals surface area contributed by atoms with Crippen LogP contribution in [-0.2, 0) is 0 Å². The van der Waals surface area contributed by atoms with Crippen LogP contribution in [0.2, 0.25) is 0 Å². The number of unbranched alkanes of at least 4 members (excludes halogenated alkanes) is 1. The lowest BCUT2D eigenvalue weighted by molar-refractivity contribution is 0.333. The molecule has 0 heteroatoms. The van der Waals surface area contributed by atoms with Crippen LogP contribution in [0.25, 0.3) is 0 Å². The van der Waals surface area contributed by atoms with Gasteiger partial charge in [0.05, 0.1) is 0 Å². The van der Waals surface area contributed by atoms with E-state index in [9.17, 15) is 0 Å². The van der Waals surface area contributed by atoms with Crippen molar-refractivity contribution in [3.63, 3.8) is 0 Å². The van der Waals surface area contributed by atoms with Crippen LogP contribution in [-0.4, -0.2) is 0 Å². The molecular formula is C10H18. The normalized spacial score (nSPS) is 11.0. The van der Waals surface area contributed by atoms with Gasteiger partial charge in [-0.05, 0) is 11.8 Å². The first kappa shape index (κ1) is 9.56. The van der Waals surface area contributed by atoms with Crippen LogP contribution in [0, 0.1) is 17.8 Å². The summed E-state index contributed by atoms with van der Waals surface area (Å²) >= 11 is 0. The molecule has 0 nitrogen and oxygen atoms in total. The Labute approximate surface area is 65.0 Å². The smallest absolute Gasteiger partial charge is 0.0137 e. The van der Waals surface area contributed by atoms with Crippen molar-refractivity contribution in [3.8, 4) is 12.3 Å². The second kappa shape index (κ2) is 4.39. The molecule has 0 atom stereocenters. The van der Waals surface area contributed by atoms with Crippen LogP contribution < -0.4 is 0 Å². The van der Waals surface area contributed by atoms with Gasteiger partial charge in [0.1, 0.15) is 0 Å². The first-order chi connectivity index (χ1) is 4.62. The predicted molar refractivity (Wildman–Crippen MR) is 46.8 cm³/mol. The molecule has 0 heterocycles. The molecule has 0 amide bonds. The monoisotopic (exact) mass is 138 g/mol. The fraction of sp³-hybridized carbons (Fsp3) is 0.800. The van der Waals surface area contributed by atoms with Gasteiger partial charge < -0.3 is 0 Å². The molecule has 0 saturated heterocycles. The molecule has 0 aliphatic carbocycles. The molecule has 0 saturated carbocycles. The lowest BCUT2D eigenvalue weighted by atomic mass is 9.84. The van der Waals surface area contributed by atoms with Gasteiger partial charge in [-0.3, -0.25) is 0 Å². The zero-order valence-corrected chi connectivity index (χ0v) is 7.41. The topological polar surface area (TPSA) is 0 Å². The molecule has 0 spiro atoms. The molecule has 0 aromatic carbocycles. The molecule has 58 valence electrons. The average Bonchev–Trinajstić information content (AvgIpc) is 1.84. The maximum Gasteiger partial charge on any atom is 0.0137 e. The van der Waals surface area contributed by atoms with Gasteiger partial charge in [0.15, 0.2) is 0 Å². The van der Waals surface area contributed by atoms with Crippen LogP contribution in [0.1, 0.15) is 46.5 Å². The van der Waals surface area contributed by atoms with Crippen LogP contribution in [0.5, 0.6) is 0 Å². The van der Waals surface area contributed by atoms with Crippen LogP contribution >= 0.6 is 0 Å². The van der Waals surface area contributed by atoms with Gasteiger partial charge in [-0.1, -0.05) is 33.6 Å². The number of hydrogen-bond donors (Lipinski definition) is 0. The Bertz CT molecular complexity index is 114. The van der Waals surface area contributed by atoms with E-state index in [4.69, 9.17) is 6.42 Å². The summed E-state index contributed by atoms with van der Waals surface area (Å²) in [4.78, 5) is 0. The van der Waals surface area contributed by atoms with E-state index in [1.807, 2.05) is 0 Å². The summed E-state index contributed by atoms with van der Waals surface area (Å²) < 4.78 is 0. The van der Waals surface area contributed by atoms with Gasteiger partial charge in [-0.15, -0.1) is 12.3 Å². The Morgan fingerprint density at radius 3 is 2.40 bits per heavy atom. The third-order valence-electron chi connectivity index (χ3n) is 1.79. The number of rotatable bonds is 4. The maximum atomic E-state index is 5.24. The van der Waals surface area contributed by atoms with Crippen LogP contribution in [0.4, 0.5) is 0 Å². The summed E-state index contributed by atoms with van der Waals surface area (Å²) in [5.74, 6) is 2.72. The number of terminal acetylenes is 1. The highest BCUT2D eigenvalue weighted by Crippen LogP contribution is 2.26. The van der Waals surface area contributed by atoms with Crippen LogP contribution in [0.3, 0.4) is 0 Å². The van der Waals surface area contributed by atoms with E-state index >= 15 is 0 Å². The molecular weight excluding hydrogens is 120 g/mol. The van der Waals surface area contributed by atoms with E-state index in [2.05, 4.69) is 26.7 Å². The second-order valence-electron chi connectivity index (χ2n) is 3.65. The lowest BCUT2D eigenvalue weighted by Gasteiger charge is -2.20. The first-order valence-electron chi connectivity index (χ1n) is 4.06. The summed E-state index contributed by atoms with van der Waals surface area (Å²) in [7, 11) is 0. The third-order valence-corrected chi connectivity index (χ3v) is 1.79. The highest BCUT2D eigenvalue weighted by molar-refractivity contribution is 4.90. The predicted octanol–water partition coefficient (Wildman–Crippen LogP) is 3.23. The van der Waals surface area contributed by atoms with Crippen molar-refractivity contribution in [2.24, 2.45) is 5.41 Å². The van der Waals surface area contributed by atoms with Gasteiger partial charge in [-0.25, -0.2) is 0 Å². The summed E-state index contributed by atoms with van der Waals surface area (Å²) in [5, 5.41) is 0. The van der Waals surface area contributed by atoms with E-state index in [0.29, 0.717) is 5.41 Å². The summed E-state index contributed by atoms with van der Waals surface area (Å²) in [6, 6.07) is 0. The fourth-order valence-electron chi connectivity index (χ4n) is 1.02. The van der Waals surface area contributed by atoms with Crippen molar-refractivity contribution < 1.29 is 0 Å². The maximum absolute atomic E-state index is 5.24. The molecule has 0 unspecified atom stereocenters. The molecule has 0 N–H and O–H groups in total. The van der Waals surface area contributed by atoms with Crippen molar-refractivity contribution in [2.75, 3.05) is 0 Å². The van der Waals surface area contributed by atoms with Crippen LogP contribution in [0.15, 0.2) is 0 Å². The fourth-order valence-corrected chi connectivity index (χ4v) is 1.02. The van der Waals surface area contributed by atoms with Gasteiger partial charge in [0.25, 0.3) is 0 Å². The SMILES string of the molecule is C#CCC(C)(C)CCCC. The summed E-state index contributed by atoms with van der Waals surface area (Å²) in [6.07, 6.45) is 9.98. The molecule has 0 rings (SSSR count). The lowest BCUT2D eigenvalue weighted by Crippen LogP contribution is -2.09. The Kier molecular flexibility index (Phi) is 4.19. The zero-order chi connectivity index (χ0) is 8.04. The minimum absolute atomic E-state index is 0.366. The van der Waals surface area contributed by atoms with E-state index in [1.165, 1.54) is 19.3 Å². The van der Waals surface area contributed by atoms with Gasteiger partial charge in [-0.2, -0.15) is 0 Å². The molecule has 10 heavy (non-hydrogen) atoms. The number of hydrogen-bond acceptors (Lipinski definition) is 0. The van der Waals surface area contributed by atoms with E-state index < -0.39 is 0 Å². The highest BCUT2D eigenvalue weighted by atomic mass is 14.2. The van der Waals surface area contributed by atoms with Crippen molar-refractivity contribution in [3.05, 3.63) is 0 Å². The molecule has 0 bridgehead atoms. The van der Waals surface area contributed by atoms with Gasteiger partial charge in [0, 0.05) is 6.42 Å². The summed E-state index contributed by atoms with van der Waals surface area (Å²) in [6.45, 7) is 6.69. The highest BCUT2D eigenvalue weighted by Gasteiger charge is 2.14. The molecule has 0 aliphatic heterocycles. The molecule has 0 radical (unpaired) electrons. The minimum Gasteiger partial charge on any atom is -0.120 e. The zero-order valence-electron chi connectivity index (χ0n) is 7.41. The Balaban J connectivity index is 3.55. The molecule has 0 fully saturated rings. The van der Waals surface area contributed by atoms with Crippen molar-refractivity contribution in [1.82, 2.24) is 0 Å². The van der Waals surface area contributed by atoms with E-state index in [0.717, 1.165) is 6.42 Å². The Hall–Kier alpha value is -0.440. The van der Waals surface area contributed by atoms with Crippen molar-refractivity contribution in [1.29, 1.82) is 0 Å². The summed E-state index contributed by atoms with van der Waals surface area (Å²) in [5.41, 5.74) is 0.366. The first-order valence-corrected chi connectivity index (χ1v) is 4.06. The largest absolute Gasteiger partial charge is 0.120 e. The average molecular weight is 138 g/mol. The minimum atomic E-state index is 0.366. The van der Waals surface area contributed by atoms with E-state index in [-0.39, 0.29) is 0 Å². The van der Waals surface area contributed by atoms with Gasteiger partial charge in [0.2, 0.25) is 0 Å². The molecule has 0 aromatic rings. The molecule has 0 aromatic heterocycles. The Morgan fingerprint density at radius 2 is 2.00 bits per heavy atom. The van der Waals surface area contributed by atoms with Gasteiger partial charge >= 0.3 is 0 Å². The quantitative estimate of drug-likeness (QED) is 0.523. The Morgan fingerprint density at radius 1 is 1.40 bits per heavy atom. The third kappa shape index (κ3) is 4.44. The van der Waals surface area contributed by atoms with E-state index in [1.54, 1.807) is 0 Å². The standard InChI is InChI=1S/C10H18/c1-5-7-9-10(3,4)8-6-2/h2H,5,7-9H2,1,3-4H3. The van der Waals surface area contributed by atoms with Crippen molar-refractivity contribution in [2.45, 2.75) is 46.5 Å². The second-order valence-corrected chi connectivity index (χ2v) is 3.65.